The molecule has 0 aliphatic carbocycles. The molecule has 40 heavy (non-hydrogen) atoms. The van der Waals surface area contributed by atoms with Gasteiger partial charge in [-0.3, -0.25) is 9.69 Å². The lowest BCUT2D eigenvalue weighted by Gasteiger charge is -2.51. The van der Waals surface area contributed by atoms with E-state index in [0.29, 0.717) is 36.9 Å². The van der Waals surface area contributed by atoms with E-state index >= 15 is 0 Å². The van der Waals surface area contributed by atoms with Gasteiger partial charge in [0, 0.05) is 29.7 Å². The highest BCUT2D eigenvalue weighted by molar-refractivity contribution is 9.10. The second-order valence-corrected chi connectivity index (χ2v) is 12.3. The number of hydrogen-bond acceptors (Lipinski definition) is 7. The fraction of sp³-hybridized carbons (Fsp3) is 0.500. The summed E-state index contributed by atoms with van der Waals surface area (Å²) in [6.07, 6.45) is 1.50. The molecule has 0 radical (unpaired) electrons. The zero-order valence-corrected chi connectivity index (χ0v) is 25.8. The maximum absolute atomic E-state index is 14.3. The van der Waals surface area contributed by atoms with E-state index in [0.717, 1.165) is 4.47 Å². The third kappa shape index (κ3) is 7.74. The number of rotatable bonds is 16. The summed E-state index contributed by atoms with van der Waals surface area (Å²) in [5.41, 5.74) is 11.4. The number of nitrogens with two attached hydrogens (primary N) is 2. The van der Waals surface area contributed by atoms with E-state index in [9.17, 15) is 23.1 Å². The second-order valence-electron chi connectivity index (χ2n) is 9.57. The first kappa shape index (κ1) is 33.5. The van der Waals surface area contributed by atoms with Crippen LogP contribution in [0.4, 0.5) is 10.5 Å². The lowest BCUT2D eigenvalue weighted by atomic mass is 9.92. The van der Waals surface area contributed by atoms with Gasteiger partial charge in [-0.05, 0) is 68.0 Å². The molecule has 0 saturated carbocycles. The van der Waals surface area contributed by atoms with Crippen LogP contribution in [0.2, 0.25) is 0 Å². The monoisotopic (exact) mass is 640 g/mol. The van der Waals surface area contributed by atoms with Gasteiger partial charge in [0.1, 0.15) is 11.7 Å². The van der Waals surface area contributed by atoms with Crippen molar-refractivity contribution in [2.75, 3.05) is 26.0 Å². The third-order valence-corrected chi connectivity index (χ3v) is 9.74. The number of anilines is 1. The van der Waals surface area contributed by atoms with Gasteiger partial charge in [0.05, 0.1) is 12.0 Å². The molecule has 2 atom stereocenters. The Labute approximate surface area is 245 Å². The van der Waals surface area contributed by atoms with Gasteiger partial charge < -0.3 is 21.3 Å². The number of carbonyl (C=O) groups excluding carboxylic acids is 2. The van der Waals surface area contributed by atoms with Crippen molar-refractivity contribution in [1.82, 2.24) is 9.21 Å². The quantitative estimate of drug-likeness (QED) is 0.141. The van der Waals surface area contributed by atoms with E-state index in [1.165, 1.54) is 40.6 Å². The smallest absolute Gasteiger partial charge is 0.411 e. The highest BCUT2D eigenvalue weighted by Crippen LogP contribution is 2.39. The minimum absolute atomic E-state index is 0.00887. The third-order valence-electron chi connectivity index (χ3n) is 6.99. The zero-order valence-electron chi connectivity index (χ0n) is 23.4. The maximum Gasteiger partial charge on any atom is 0.411 e. The van der Waals surface area contributed by atoms with Crippen LogP contribution >= 0.6 is 15.9 Å². The fourth-order valence-corrected chi connectivity index (χ4v) is 7.34. The van der Waals surface area contributed by atoms with Gasteiger partial charge in [0.2, 0.25) is 15.9 Å². The van der Waals surface area contributed by atoms with Crippen molar-refractivity contribution in [3.63, 3.8) is 0 Å². The number of aliphatic hydroxyl groups is 1. The fourth-order valence-electron chi connectivity index (χ4n) is 4.98. The molecule has 0 spiro atoms. The van der Waals surface area contributed by atoms with E-state index < -0.39 is 33.7 Å². The number of hydrogen-bond donors (Lipinski definition) is 3. The Morgan fingerprint density at radius 1 is 1.07 bits per heavy atom. The number of primary amides is 1. The van der Waals surface area contributed by atoms with Crippen LogP contribution in [0.15, 0.2) is 57.9 Å². The molecule has 2 rings (SSSR count). The van der Waals surface area contributed by atoms with E-state index in [4.69, 9.17) is 16.2 Å². The minimum Gasteiger partial charge on any atom is -0.453 e. The molecule has 0 heterocycles. The van der Waals surface area contributed by atoms with Crippen molar-refractivity contribution >= 4 is 43.6 Å². The summed E-state index contributed by atoms with van der Waals surface area (Å²) in [6, 6.07) is 11.9. The number of unbranched alkanes of at least 4 members (excludes halogenated alkanes) is 2. The summed E-state index contributed by atoms with van der Waals surface area (Å²) in [5, 5.41) is 9.37. The van der Waals surface area contributed by atoms with Crippen molar-refractivity contribution in [2.24, 2.45) is 5.73 Å². The van der Waals surface area contributed by atoms with Gasteiger partial charge in [-0.15, -0.1) is 0 Å². The standard InChI is InChI=1S/C28H41BrN4O6S/c1-4-18-32(40(37,38)23-15-13-22(30)14-16-23)28(5-2,17-9-6-10-19-34)33(27(36)39-3)25(26(31)35)20-21-11-7-8-12-24(21)29/h7-8,11-16,25,34H,4-6,9-10,17-20,30H2,1-3H3,(H2,31,35)/t25?,28-/m1/s1. The van der Waals surface area contributed by atoms with E-state index in [1.54, 1.807) is 19.1 Å². The Bertz CT molecular complexity index is 1230. The van der Waals surface area contributed by atoms with Gasteiger partial charge in [0.25, 0.3) is 0 Å². The molecule has 2 aromatic carbocycles. The largest absolute Gasteiger partial charge is 0.453 e. The number of aliphatic hydroxyl groups excluding tert-OH is 1. The molecule has 0 saturated heterocycles. The first-order valence-electron chi connectivity index (χ1n) is 13.4. The van der Waals surface area contributed by atoms with Crippen molar-refractivity contribution < 1.29 is 27.9 Å². The summed E-state index contributed by atoms with van der Waals surface area (Å²) in [7, 11) is -3.01. The number of nitrogen functional groups attached to an aromatic ring is 1. The van der Waals surface area contributed by atoms with Gasteiger partial charge >= 0.3 is 6.09 Å². The number of sulfonamides is 1. The minimum atomic E-state index is -4.20. The maximum atomic E-state index is 14.3. The Balaban J connectivity index is 2.84. The van der Waals surface area contributed by atoms with E-state index in [2.05, 4.69) is 15.9 Å². The number of halogens is 1. The van der Waals surface area contributed by atoms with Crippen LogP contribution < -0.4 is 11.5 Å². The first-order chi connectivity index (χ1) is 19.0. The Hall–Kier alpha value is -2.67. The molecular formula is C28H41BrN4O6S. The molecule has 0 aliphatic rings. The van der Waals surface area contributed by atoms with Gasteiger partial charge in [-0.2, -0.15) is 4.31 Å². The molecule has 0 bridgehead atoms. The van der Waals surface area contributed by atoms with E-state index in [1.807, 2.05) is 19.1 Å². The molecule has 2 amide bonds. The summed E-state index contributed by atoms with van der Waals surface area (Å²) in [5.74, 6) is -0.796. The SMILES string of the molecule is CCCN([C@@](CC)(CCCCCO)N(C(=O)OC)C(Cc1ccccc1Br)C(N)=O)S(=O)(=O)c1ccc(N)cc1. The van der Waals surface area contributed by atoms with Crippen LogP contribution in [0.3, 0.4) is 0 Å². The average molecular weight is 642 g/mol. The Morgan fingerprint density at radius 2 is 1.73 bits per heavy atom. The Morgan fingerprint density at radius 3 is 2.25 bits per heavy atom. The molecule has 10 nitrogen and oxygen atoms in total. The topological polar surface area (TPSA) is 156 Å². The van der Waals surface area contributed by atoms with Crippen molar-refractivity contribution in [1.29, 1.82) is 0 Å². The normalized spacial score (nSPS) is 13.9. The number of benzene rings is 2. The predicted octanol–water partition coefficient (Wildman–Crippen LogP) is 4.26. The average Bonchev–Trinajstić information content (AvgIpc) is 2.93. The zero-order chi connectivity index (χ0) is 29.9. The highest BCUT2D eigenvalue weighted by atomic mass is 79.9. The van der Waals surface area contributed by atoms with Crippen LogP contribution in [0.1, 0.15) is 57.9 Å². The van der Waals surface area contributed by atoms with Crippen molar-refractivity contribution in [3.8, 4) is 0 Å². The molecule has 0 aromatic heterocycles. The molecule has 12 heteroatoms. The van der Waals surface area contributed by atoms with Gasteiger partial charge in [-0.25, -0.2) is 13.2 Å². The molecule has 222 valence electrons. The molecular weight excluding hydrogens is 600 g/mol. The first-order valence-corrected chi connectivity index (χ1v) is 15.6. The summed E-state index contributed by atoms with van der Waals surface area (Å²) < 4.78 is 35.8. The molecule has 5 N–H and O–H groups in total. The molecule has 2 aromatic rings. The highest BCUT2D eigenvalue weighted by Gasteiger charge is 2.52. The number of nitrogens with zero attached hydrogens (tertiary/aromatic N) is 2. The Kier molecular flexibility index (Phi) is 12.9. The number of methoxy groups -OCH3 is 1. The van der Waals surface area contributed by atoms with Crippen LogP contribution in [0, 0.1) is 0 Å². The van der Waals surface area contributed by atoms with Gasteiger partial charge in [-0.1, -0.05) is 54.4 Å². The number of carbonyl (C=O) groups is 2. The summed E-state index contributed by atoms with van der Waals surface area (Å²) >= 11 is 3.50. The molecule has 0 fully saturated rings. The van der Waals surface area contributed by atoms with Crippen LogP contribution in [-0.2, 0) is 26.0 Å². The van der Waals surface area contributed by atoms with Crippen molar-refractivity contribution in [2.45, 2.75) is 75.4 Å². The molecule has 1 unspecified atom stereocenters. The van der Waals surface area contributed by atoms with Crippen LogP contribution in [0.25, 0.3) is 0 Å². The second kappa shape index (κ2) is 15.4. The lowest BCUT2D eigenvalue weighted by Crippen LogP contribution is -2.68. The van der Waals surface area contributed by atoms with Crippen molar-refractivity contribution in [3.05, 3.63) is 58.6 Å². The van der Waals surface area contributed by atoms with Crippen LogP contribution in [0.5, 0.6) is 0 Å². The summed E-state index contributed by atoms with van der Waals surface area (Å²) in [6.45, 7) is 3.66. The predicted molar refractivity (Wildman–Crippen MR) is 159 cm³/mol. The van der Waals surface area contributed by atoms with E-state index in [-0.39, 0.29) is 37.3 Å². The lowest BCUT2D eigenvalue weighted by molar-refractivity contribution is -0.128. The summed E-state index contributed by atoms with van der Waals surface area (Å²) in [4.78, 5) is 28.0. The number of amides is 2. The van der Waals surface area contributed by atoms with Crippen LogP contribution in [-0.4, -0.2) is 66.7 Å². The number of ether oxygens (including phenoxy) is 1. The van der Waals surface area contributed by atoms with Gasteiger partial charge in [0.15, 0.2) is 0 Å². The molecule has 0 aliphatic heterocycles.